The molecule has 2 fully saturated rings. The van der Waals surface area contributed by atoms with Crippen molar-refractivity contribution in [3.8, 4) is 0 Å². The van der Waals surface area contributed by atoms with Crippen LogP contribution in [-0.2, 0) is 9.59 Å². The second kappa shape index (κ2) is 8.06. The number of rotatable bonds is 6. The molecule has 5 heteroatoms. The van der Waals surface area contributed by atoms with E-state index in [0.29, 0.717) is 5.92 Å². The maximum atomic E-state index is 12.8. The quantitative estimate of drug-likeness (QED) is 0.766. The summed E-state index contributed by atoms with van der Waals surface area (Å²) >= 11 is 1.83. The van der Waals surface area contributed by atoms with Gasteiger partial charge < -0.3 is 10.2 Å². The smallest absolute Gasteiger partial charge is 0.246 e. The van der Waals surface area contributed by atoms with Crippen molar-refractivity contribution >= 4 is 23.6 Å². The van der Waals surface area contributed by atoms with Crippen LogP contribution >= 0.6 is 11.8 Å². The van der Waals surface area contributed by atoms with Gasteiger partial charge in [-0.2, -0.15) is 11.8 Å². The fourth-order valence-electron chi connectivity index (χ4n) is 3.47. The summed E-state index contributed by atoms with van der Waals surface area (Å²) in [5.74, 6) is 1.64. The highest BCUT2D eigenvalue weighted by molar-refractivity contribution is 7.98. The van der Waals surface area contributed by atoms with Crippen molar-refractivity contribution in [2.24, 2.45) is 5.92 Å². The first-order chi connectivity index (χ1) is 10.1. The third-order valence-electron chi connectivity index (χ3n) is 4.81. The van der Waals surface area contributed by atoms with Crippen LogP contribution in [0.3, 0.4) is 0 Å². The predicted molar refractivity (Wildman–Crippen MR) is 87.3 cm³/mol. The molecule has 0 spiro atoms. The normalized spacial score (nSPS) is 27.8. The number of piperazine rings is 1. The van der Waals surface area contributed by atoms with Gasteiger partial charge >= 0.3 is 0 Å². The summed E-state index contributed by atoms with van der Waals surface area (Å²) in [5, 5.41) is 2.98. The largest absolute Gasteiger partial charge is 0.342 e. The van der Waals surface area contributed by atoms with Gasteiger partial charge in [-0.3, -0.25) is 9.59 Å². The summed E-state index contributed by atoms with van der Waals surface area (Å²) in [7, 11) is 0. The van der Waals surface area contributed by atoms with Gasteiger partial charge in [0.1, 0.15) is 12.1 Å². The minimum absolute atomic E-state index is 0.0232. The van der Waals surface area contributed by atoms with Crippen molar-refractivity contribution in [1.82, 2.24) is 10.2 Å². The molecule has 2 aliphatic rings. The Labute approximate surface area is 132 Å². The third kappa shape index (κ3) is 4.15. The Balaban J connectivity index is 1.97. The molecule has 0 aromatic carbocycles. The van der Waals surface area contributed by atoms with E-state index < -0.39 is 0 Å². The minimum atomic E-state index is -0.313. The Bertz CT molecular complexity index is 369. The molecule has 1 aliphatic heterocycles. The van der Waals surface area contributed by atoms with Crippen LogP contribution in [0.15, 0.2) is 0 Å². The van der Waals surface area contributed by atoms with Crippen molar-refractivity contribution < 1.29 is 9.59 Å². The van der Waals surface area contributed by atoms with E-state index in [0.717, 1.165) is 38.0 Å². The van der Waals surface area contributed by atoms with Gasteiger partial charge in [-0.15, -0.1) is 0 Å². The fourth-order valence-corrected chi connectivity index (χ4v) is 3.96. The van der Waals surface area contributed by atoms with E-state index in [1.807, 2.05) is 23.6 Å². The molecule has 2 rings (SSSR count). The van der Waals surface area contributed by atoms with E-state index in [2.05, 4.69) is 11.6 Å². The van der Waals surface area contributed by atoms with Gasteiger partial charge in [0.05, 0.1) is 0 Å². The van der Waals surface area contributed by atoms with Crippen molar-refractivity contribution in [2.45, 2.75) is 64.0 Å². The summed E-state index contributed by atoms with van der Waals surface area (Å²) in [6.07, 6.45) is 9.98. The molecule has 1 heterocycles. The predicted octanol–water partition coefficient (Wildman–Crippen LogP) is 2.43. The second-order valence-corrected chi connectivity index (χ2v) is 7.28. The van der Waals surface area contributed by atoms with Crippen LogP contribution in [0.2, 0.25) is 0 Å². The van der Waals surface area contributed by atoms with Crippen LogP contribution in [0, 0.1) is 5.92 Å². The van der Waals surface area contributed by atoms with Gasteiger partial charge in [-0.25, -0.2) is 0 Å². The first-order valence-corrected chi connectivity index (χ1v) is 9.64. The molecular weight excluding hydrogens is 284 g/mol. The lowest BCUT2D eigenvalue weighted by Crippen LogP contribution is -2.64. The molecule has 21 heavy (non-hydrogen) atoms. The molecule has 1 saturated carbocycles. The lowest BCUT2D eigenvalue weighted by Gasteiger charge is -2.41. The molecular formula is C16H28N2O2S. The first-order valence-electron chi connectivity index (χ1n) is 8.25. The molecule has 4 nitrogen and oxygen atoms in total. The Morgan fingerprint density at radius 2 is 1.90 bits per heavy atom. The molecule has 1 saturated heterocycles. The van der Waals surface area contributed by atoms with Crippen LogP contribution in [0.5, 0.6) is 0 Å². The molecule has 2 atom stereocenters. The topological polar surface area (TPSA) is 49.4 Å². The number of hydrogen-bond donors (Lipinski definition) is 1. The molecule has 0 bridgehead atoms. The van der Waals surface area contributed by atoms with Crippen molar-refractivity contribution in [1.29, 1.82) is 0 Å². The number of hydrogen-bond acceptors (Lipinski definition) is 3. The van der Waals surface area contributed by atoms with E-state index in [9.17, 15) is 9.59 Å². The average molecular weight is 312 g/mol. The average Bonchev–Trinajstić information content (AvgIpc) is 2.51. The summed E-state index contributed by atoms with van der Waals surface area (Å²) in [6, 6.07) is -0.582. The first kappa shape index (κ1) is 16.7. The van der Waals surface area contributed by atoms with E-state index in [1.165, 1.54) is 19.3 Å². The van der Waals surface area contributed by atoms with Crippen molar-refractivity contribution in [3.05, 3.63) is 0 Å². The Morgan fingerprint density at radius 3 is 2.57 bits per heavy atom. The molecule has 0 aromatic rings. The molecule has 1 aliphatic carbocycles. The molecule has 2 unspecified atom stereocenters. The van der Waals surface area contributed by atoms with E-state index in [4.69, 9.17) is 0 Å². The Morgan fingerprint density at radius 1 is 1.19 bits per heavy atom. The third-order valence-corrected chi connectivity index (χ3v) is 5.51. The van der Waals surface area contributed by atoms with Gasteiger partial charge in [0.25, 0.3) is 0 Å². The summed E-state index contributed by atoms with van der Waals surface area (Å²) < 4.78 is 0. The zero-order chi connectivity index (χ0) is 15.2. The number of thioether (sulfide) groups is 1. The second-order valence-electron chi connectivity index (χ2n) is 6.29. The van der Waals surface area contributed by atoms with Crippen LogP contribution in [-0.4, -0.2) is 47.4 Å². The highest BCUT2D eigenvalue weighted by Gasteiger charge is 2.41. The number of nitrogens with one attached hydrogen (secondary N) is 1. The van der Waals surface area contributed by atoms with Gasteiger partial charge in [0, 0.05) is 6.54 Å². The Hall–Kier alpha value is -0.710. The maximum Gasteiger partial charge on any atom is 0.246 e. The molecule has 0 radical (unpaired) electrons. The van der Waals surface area contributed by atoms with Gasteiger partial charge in [0.2, 0.25) is 11.8 Å². The molecule has 2 amide bonds. The zero-order valence-corrected chi connectivity index (χ0v) is 14.1. The zero-order valence-electron chi connectivity index (χ0n) is 13.3. The highest BCUT2D eigenvalue weighted by Crippen LogP contribution is 2.29. The SMILES string of the molecule is CSCCCCN1C(=O)C(C2CCCCC2)NC(=O)C1C. The summed E-state index contributed by atoms with van der Waals surface area (Å²) in [4.78, 5) is 26.8. The molecule has 0 aromatic heterocycles. The molecule has 1 N–H and O–H groups in total. The number of nitrogens with zero attached hydrogens (tertiary/aromatic N) is 1. The van der Waals surface area contributed by atoms with E-state index >= 15 is 0 Å². The maximum absolute atomic E-state index is 12.8. The standard InChI is InChI=1S/C16H28N2O2S/c1-12-15(19)17-14(13-8-4-3-5-9-13)16(20)18(12)10-6-7-11-21-2/h12-14H,3-11H2,1-2H3,(H,17,19). The van der Waals surface area contributed by atoms with Gasteiger partial charge in [0.15, 0.2) is 0 Å². The number of unbranched alkanes of at least 4 members (excludes halogenated alkanes) is 1. The van der Waals surface area contributed by atoms with Crippen LogP contribution < -0.4 is 5.32 Å². The number of amides is 2. The van der Waals surface area contributed by atoms with E-state index in [-0.39, 0.29) is 23.9 Å². The fraction of sp³-hybridized carbons (Fsp3) is 0.875. The van der Waals surface area contributed by atoms with E-state index in [1.54, 1.807) is 0 Å². The Kier molecular flexibility index (Phi) is 6.40. The summed E-state index contributed by atoms with van der Waals surface area (Å²) in [6.45, 7) is 2.57. The molecule has 120 valence electrons. The van der Waals surface area contributed by atoms with Crippen LogP contribution in [0.4, 0.5) is 0 Å². The van der Waals surface area contributed by atoms with Crippen molar-refractivity contribution in [2.75, 3.05) is 18.6 Å². The van der Waals surface area contributed by atoms with Crippen LogP contribution in [0.25, 0.3) is 0 Å². The lowest BCUT2D eigenvalue weighted by molar-refractivity contribution is -0.150. The number of carbonyl (C=O) groups is 2. The van der Waals surface area contributed by atoms with Crippen molar-refractivity contribution in [3.63, 3.8) is 0 Å². The monoisotopic (exact) mass is 312 g/mol. The van der Waals surface area contributed by atoms with Crippen LogP contribution in [0.1, 0.15) is 51.9 Å². The van der Waals surface area contributed by atoms with Gasteiger partial charge in [-0.05, 0) is 50.5 Å². The highest BCUT2D eigenvalue weighted by atomic mass is 32.2. The summed E-state index contributed by atoms with van der Waals surface area (Å²) in [5.41, 5.74) is 0. The number of carbonyl (C=O) groups excluding carboxylic acids is 2. The van der Waals surface area contributed by atoms with Gasteiger partial charge in [-0.1, -0.05) is 19.3 Å². The minimum Gasteiger partial charge on any atom is -0.342 e. The lowest BCUT2D eigenvalue weighted by atomic mass is 9.82.